The highest BCUT2D eigenvalue weighted by atomic mass is 35.5. The third-order valence-electron chi connectivity index (χ3n) is 4.00. The Labute approximate surface area is 169 Å². The van der Waals surface area contributed by atoms with Crippen LogP contribution in [0.25, 0.3) is 21.6 Å². The van der Waals surface area contributed by atoms with Gasteiger partial charge in [-0.3, -0.25) is 9.48 Å². The lowest BCUT2D eigenvalue weighted by Crippen LogP contribution is -2.31. The van der Waals surface area contributed by atoms with Gasteiger partial charge in [-0.15, -0.1) is 36.2 Å². The number of nitrogens with zero attached hydrogens (tertiary/aromatic N) is 3. The van der Waals surface area contributed by atoms with Crippen LogP contribution in [0.15, 0.2) is 23.6 Å². The van der Waals surface area contributed by atoms with Crippen LogP contribution in [-0.2, 0) is 7.05 Å². The molecule has 9 heteroatoms. The summed E-state index contributed by atoms with van der Waals surface area (Å²) in [7, 11) is 1.85. The minimum absolute atomic E-state index is 0. The second-order valence-corrected chi connectivity index (χ2v) is 6.94. The lowest BCUT2D eigenvalue weighted by atomic mass is 10.1. The minimum atomic E-state index is -0.114. The first kappa shape index (κ1) is 22.4. The molecule has 3 N–H and O–H groups in total. The molecule has 1 unspecified atom stereocenters. The molecular formula is C17H23Cl2N5OS. The number of fused-ring (bicyclic) bond motifs is 1. The Kier molecular flexibility index (Phi) is 8.02. The molecule has 0 aliphatic heterocycles. The quantitative estimate of drug-likeness (QED) is 0.669. The van der Waals surface area contributed by atoms with Gasteiger partial charge in [0.25, 0.3) is 5.91 Å². The summed E-state index contributed by atoms with van der Waals surface area (Å²) < 4.78 is 1.72. The standard InChI is InChI=1S/C17H21N5OS.2ClH/c1-10(8-18)9-19-17(23)12-7-13(14-5-4-6-24-14)20-16-15(12)11(2)21-22(16)3;;/h4-7,10H,8-9,18H2,1-3H3,(H,19,23);2*1H. The molecule has 0 saturated carbocycles. The van der Waals surface area contributed by atoms with Crippen LogP contribution in [0.5, 0.6) is 0 Å². The highest BCUT2D eigenvalue weighted by Gasteiger charge is 2.19. The maximum Gasteiger partial charge on any atom is 0.252 e. The van der Waals surface area contributed by atoms with Crippen LogP contribution in [0, 0.1) is 12.8 Å². The summed E-state index contributed by atoms with van der Waals surface area (Å²) in [5, 5.41) is 10.2. The van der Waals surface area contributed by atoms with Gasteiger partial charge in [-0.25, -0.2) is 4.98 Å². The van der Waals surface area contributed by atoms with Crippen LogP contribution >= 0.6 is 36.2 Å². The van der Waals surface area contributed by atoms with E-state index in [9.17, 15) is 4.79 Å². The molecule has 0 saturated heterocycles. The maximum atomic E-state index is 12.7. The van der Waals surface area contributed by atoms with Crippen molar-refractivity contribution in [3.05, 3.63) is 34.8 Å². The van der Waals surface area contributed by atoms with Gasteiger partial charge >= 0.3 is 0 Å². The number of aromatic nitrogens is 3. The third kappa shape index (κ3) is 4.35. The van der Waals surface area contributed by atoms with E-state index in [-0.39, 0.29) is 36.6 Å². The van der Waals surface area contributed by atoms with Crippen molar-refractivity contribution in [2.75, 3.05) is 13.1 Å². The Morgan fingerprint density at radius 3 is 2.77 bits per heavy atom. The highest BCUT2D eigenvalue weighted by Crippen LogP contribution is 2.29. The lowest BCUT2D eigenvalue weighted by Gasteiger charge is -2.11. The summed E-state index contributed by atoms with van der Waals surface area (Å²) in [5.74, 6) is 0.120. The molecule has 142 valence electrons. The number of hydrogen-bond acceptors (Lipinski definition) is 5. The molecule has 0 fully saturated rings. The van der Waals surface area contributed by atoms with Crippen molar-refractivity contribution < 1.29 is 4.79 Å². The van der Waals surface area contributed by atoms with Crippen molar-refractivity contribution in [1.82, 2.24) is 20.1 Å². The number of nitrogens with one attached hydrogen (secondary N) is 1. The van der Waals surface area contributed by atoms with Crippen molar-refractivity contribution in [2.24, 2.45) is 18.7 Å². The smallest absolute Gasteiger partial charge is 0.252 e. The van der Waals surface area contributed by atoms with Crippen LogP contribution < -0.4 is 11.1 Å². The summed E-state index contributed by atoms with van der Waals surface area (Å²) in [4.78, 5) is 18.5. The van der Waals surface area contributed by atoms with Crippen molar-refractivity contribution in [1.29, 1.82) is 0 Å². The number of amides is 1. The van der Waals surface area contributed by atoms with Crippen LogP contribution in [0.4, 0.5) is 0 Å². The normalized spacial score (nSPS) is 11.5. The molecule has 3 rings (SSSR count). The van der Waals surface area contributed by atoms with E-state index >= 15 is 0 Å². The van der Waals surface area contributed by atoms with Crippen molar-refractivity contribution >= 4 is 53.1 Å². The van der Waals surface area contributed by atoms with E-state index in [1.54, 1.807) is 16.0 Å². The largest absolute Gasteiger partial charge is 0.352 e. The molecule has 0 bridgehead atoms. The molecule has 1 atom stereocenters. The van der Waals surface area contributed by atoms with E-state index in [4.69, 9.17) is 10.7 Å². The molecule has 6 nitrogen and oxygen atoms in total. The van der Waals surface area contributed by atoms with E-state index in [0.717, 1.165) is 27.3 Å². The first-order valence-corrected chi connectivity index (χ1v) is 8.75. The molecule has 0 spiro atoms. The second-order valence-electron chi connectivity index (χ2n) is 5.99. The number of hydrogen-bond donors (Lipinski definition) is 2. The summed E-state index contributed by atoms with van der Waals surface area (Å²) >= 11 is 1.60. The lowest BCUT2D eigenvalue weighted by molar-refractivity contribution is 0.0950. The van der Waals surface area contributed by atoms with Crippen molar-refractivity contribution in [2.45, 2.75) is 13.8 Å². The molecular weight excluding hydrogens is 393 g/mol. The number of thiophene rings is 1. The van der Waals surface area contributed by atoms with Gasteiger partial charge in [0, 0.05) is 13.6 Å². The van der Waals surface area contributed by atoms with E-state index in [1.165, 1.54) is 0 Å². The van der Waals surface area contributed by atoms with Gasteiger partial charge in [-0.2, -0.15) is 5.10 Å². The zero-order chi connectivity index (χ0) is 17.3. The Bertz CT molecular complexity index is 879. The second kappa shape index (κ2) is 9.32. The summed E-state index contributed by atoms with van der Waals surface area (Å²) in [6.07, 6.45) is 0. The molecule has 3 aromatic rings. The number of halogens is 2. The van der Waals surface area contributed by atoms with Gasteiger partial charge in [0.1, 0.15) is 0 Å². The predicted octanol–water partition coefficient (Wildman–Crippen LogP) is 3.17. The first-order valence-electron chi connectivity index (χ1n) is 7.87. The fraction of sp³-hybridized carbons (Fsp3) is 0.353. The molecule has 1 amide bonds. The zero-order valence-corrected chi connectivity index (χ0v) is 17.3. The van der Waals surface area contributed by atoms with Crippen molar-refractivity contribution in [3.8, 4) is 10.6 Å². The maximum absolute atomic E-state index is 12.7. The Morgan fingerprint density at radius 1 is 1.42 bits per heavy atom. The van der Waals surface area contributed by atoms with Gasteiger partial charge < -0.3 is 11.1 Å². The van der Waals surface area contributed by atoms with Gasteiger partial charge in [-0.1, -0.05) is 13.0 Å². The molecule has 0 radical (unpaired) electrons. The molecule has 0 aliphatic rings. The average molecular weight is 416 g/mol. The van der Waals surface area contributed by atoms with Gasteiger partial charge in [0.2, 0.25) is 0 Å². The Balaban J connectivity index is 0.00000169. The fourth-order valence-corrected chi connectivity index (χ4v) is 3.31. The molecule has 0 aromatic carbocycles. The van der Waals surface area contributed by atoms with Gasteiger partial charge in [-0.05, 0) is 36.9 Å². The van der Waals surface area contributed by atoms with E-state index in [2.05, 4.69) is 10.4 Å². The SMILES string of the molecule is Cc1nn(C)c2nc(-c3cccs3)cc(C(=O)NCC(C)CN)c12.Cl.Cl. The minimum Gasteiger partial charge on any atom is -0.352 e. The van der Waals surface area contributed by atoms with E-state index in [0.29, 0.717) is 18.7 Å². The summed E-state index contributed by atoms with van der Waals surface area (Å²) in [6.45, 7) is 4.99. The molecule has 0 aliphatic carbocycles. The van der Waals surface area contributed by atoms with E-state index < -0.39 is 0 Å². The predicted molar refractivity (Wildman–Crippen MR) is 112 cm³/mol. The third-order valence-corrected chi connectivity index (χ3v) is 4.89. The fourth-order valence-electron chi connectivity index (χ4n) is 2.62. The monoisotopic (exact) mass is 415 g/mol. The van der Waals surface area contributed by atoms with Crippen molar-refractivity contribution in [3.63, 3.8) is 0 Å². The number of nitrogens with two attached hydrogens (primary N) is 1. The summed E-state index contributed by atoms with van der Waals surface area (Å²) in [5.41, 5.74) is 8.55. The van der Waals surface area contributed by atoms with Crippen LogP contribution in [0.3, 0.4) is 0 Å². The van der Waals surface area contributed by atoms with Crippen LogP contribution in [0.1, 0.15) is 23.0 Å². The zero-order valence-electron chi connectivity index (χ0n) is 14.9. The molecule has 26 heavy (non-hydrogen) atoms. The number of rotatable bonds is 5. The van der Waals surface area contributed by atoms with Gasteiger partial charge in [0.05, 0.1) is 27.2 Å². The number of carbonyl (C=O) groups is 1. The number of pyridine rings is 1. The van der Waals surface area contributed by atoms with Crippen LogP contribution in [-0.4, -0.2) is 33.8 Å². The number of aryl methyl sites for hydroxylation is 2. The molecule has 3 heterocycles. The van der Waals surface area contributed by atoms with Gasteiger partial charge in [0.15, 0.2) is 5.65 Å². The topological polar surface area (TPSA) is 85.8 Å². The molecule has 3 aromatic heterocycles. The number of carbonyl (C=O) groups excluding carboxylic acids is 1. The highest BCUT2D eigenvalue weighted by molar-refractivity contribution is 7.13. The average Bonchev–Trinajstić information content (AvgIpc) is 3.20. The first-order chi connectivity index (χ1) is 11.5. The Hall–Kier alpha value is -1.67. The van der Waals surface area contributed by atoms with Crippen LogP contribution in [0.2, 0.25) is 0 Å². The van der Waals surface area contributed by atoms with E-state index in [1.807, 2.05) is 44.5 Å². The summed E-state index contributed by atoms with van der Waals surface area (Å²) in [6, 6.07) is 5.83. The Morgan fingerprint density at radius 2 is 2.15 bits per heavy atom.